The molecule has 98 valence electrons. The lowest BCUT2D eigenvalue weighted by molar-refractivity contribution is -0.114. The first kappa shape index (κ1) is 13.2. The van der Waals surface area contributed by atoms with Gasteiger partial charge in [-0.25, -0.2) is 4.98 Å². The molecule has 0 spiro atoms. The summed E-state index contributed by atoms with van der Waals surface area (Å²) in [5.74, 6) is -0.405. The predicted molar refractivity (Wildman–Crippen MR) is 75.5 cm³/mol. The molecule has 0 aliphatic heterocycles. The van der Waals surface area contributed by atoms with Crippen molar-refractivity contribution < 1.29 is 9.59 Å². The molecule has 1 aromatic carbocycles. The smallest absolute Gasteiger partial charge is 0.284 e. The summed E-state index contributed by atoms with van der Waals surface area (Å²) >= 11 is 1.30. The van der Waals surface area contributed by atoms with Crippen LogP contribution in [0, 0.1) is 6.92 Å². The normalized spacial score (nSPS) is 10.0. The maximum absolute atomic E-state index is 11.9. The quantitative estimate of drug-likeness (QED) is 0.904. The van der Waals surface area contributed by atoms with E-state index in [1.54, 1.807) is 24.3 Å². The number of carbonyl (C=O) groups is 2. The van der Waals surface area contributed by atoms with Crippen LogP contribution in [-0.4, -0.2) is 16.8 Å². The highest BCUT2D eigenvalue weighted by atomic mass is 32.1. The van der Waals surface area contributed by atoms with Gasteiger partial charge in [-0.15, -0.1) is 11.3 Å². The van der Waals surface area contributed by atoms with Gasteiger partial charge in [0.25, 0.3) is 5.91 Å². The number of nitrogens with zero attached hydrogens (tertiary/aromatic N) is 1. The van der Waals surface area contributed by atoms with Gasteiger partial charge >= 0.3 is 0 Å². The molecule has 1 aromatic heterocycles. The number of thiazole rings is 1. The molecule has 2 N–H and O–H groups in total. The lowest BCUT2D eigenvalue weighted by atomic mass is 10.2. The van der Waals surface area contributed by atoms with Crippen LogP contribution in [0.2, 0.25) is 0 Å². The van der Waals surface area contributed by atoms with Crippen LogP contribution in [0.15, 0.2) is 29.6 Å². The molecule has 0 atom stereocenters. The first-order valence-corrected chi connectivity index (χ1v) is 6.53. The summed E-state index contributed by atoms with van der Waals surface area (Å²) in [5, 5.41) is 7.64. The molecule has 2 amide bonds. The van der Waals surface area contributed by atoms with E-state index >= 15 is 0 Å². The van der Waals surface area contributed by atoms with Crippen molar-refractivity contribution in [3.63, 3.8) is 0 Å². The van der Waals surface area contributed by atoms with Crippen molar-refractivity contribution in [2.45, 2.75) is 13.8 Å². The van der Waals surface area contributed by atoms with Crippen LogP contribution in [0.5, 0.6) is 0 Å². The van der Waals surface area contributed by atoms with Crippen LogP contribution < -0.4 is 10.6 Å². The SMILES string of the molecule is CC(=O)Nc1cccc(NC(=O)c2nc(C)cs2)c1. The second kappa shape index (κ2) is 5.62. The summed E-state index contributed by atoms with van der Waals surface area (Å²) in [6.45, 7) is 3.27. The van der Waals surface area contributed by atoms with Crippen molar-refractivity contribution in [1.29, 1.82) is 0 Å². The summed E-state index contributed by atoms with van der Waals surface area (Å²) < 4.78 is 0. The van der Waals surface area contributed by atoms with Crippen LogP contribution >= 0.6 is 11.3 Å². The van der Waals surface area contributed by atoms with Crippen molar-refractivity contribution in [2.24, 2.45) is 0 Å². The molecule has 0 fully saturated rings. The van der Waals surface area contributed by atoms with Gasteiger partial charge in [-0.05, 0) is 25.1 Å². The number of hydrogen-bond donors (Lipinski definition) is 2. The third-order valence-corrected chi connectivity index (χ3v) is 3.21. The van der Waals surface area contributed by atoms with E-state index in [0.29, 0.717) is 16.4 Å². The average Bonchev–Trinajstić information content (AvgIpc) is 2.75. The lowest BCUT2D eigenvalue weighted by Gasteiger charge is -2.06. The molecule has 5 nitrogen and oxygen atoms in total. The van der Waals surface area contributed by atoms with Gasteiger partial charge in [0.15, 0.2) is 5.01 Å². The maximum Gasteiger partial charge on any atom is 0.284 e. The minimum atomic E-state index is -0.252. The molecule has 2 rings (SSSR count). The molecule has 0 saturated carbocycles. The first-order valence-electron chi connectivity index (χ1n) is 5.66. The monoisotopic (exact) mass is 275 g/mol. The molecule has 0 aliphatic carbocycles. The maximum atomic E-state index is 11.9. The third-order valence-electron chi connectivity index (χ3n) is 2.25. The van der Waals surface area contributed by atoms with Crippen molar-refractivity contribution in [1.82, 2.24) is 4.98 Å². The van der Waals surface area contributed by atoms with E-state index in [-0.39, 0.29) is 11.8 Å². The Labute approximate surface area is 114 Å². The number of benzene rings is 1. The van der Waals surface area contributed by atoms with E-state index in [9.17, 15) is 9.59 Å². The van der Waals surface area contributed by atoms with Crippen LogP contribution in [0.4, 0.5) is 11.4 Å². The minimum Gasteiger partial charge on any atom is -0.326 e. The van der Waals surface area contributed by atoms with Gasteiger partial charge in [-0.3, -0.25) is 9.59 Å². The van der Waals surface area contributed by atoms with Crippen molar-refractivity contribution >= 4 is 34.5 Å². The van der Waals surface area contributed by atoms with E-state index in [1.807, 2.05) is 12.3 Å². The number of amides is 2. The zero-order valence-corrected chi connectivity index (χ0v) is 11.4. The standard InChI is InChI=1S/C13H13N3O2S/c1-8-7-19-13(14-8)12(18)16-11-5-3-4-10(6-11)15-9(2)17/h3-7H,1-2H3,(H,15,17)(H,16,18). The van der Waals surface area contributed by atoms with E-state index < -0.39 is 0 Å². The molecular formula is C13H13N3O2S. The minimum absolute atomic E-state index is 0.154. The Morgan fingerprint density at radius 1 is 1.21 bits per heavy atom. The van der Waals surface area contributed by atoms with Crippen molar-refractivity contribution in [2.75, 3.05) is 10.6 Å². The Morgan fingerprint density at radius 2 is 1.89 bits per heavy atom. The molecule has 0 unspecified atom stereocenters. The fraction of sp³-hybridized carbons (Fsp3) is 0.154. The summed E-state index contributed by atoms with van der Waals surface area (Å²) in [7, 11) is 0. The van der Waals surface area contributed by atoms with Crippen LogP contribution in [0.1, 0.15) is 22.4 Å². The van der Waals surface area contributed by atoms with Crippen molar-refractivity contribution in [3.8, 4) is 0 Å². The van der Waals surface area contributed by atoms with E-state index in [2.05, 4.69) is 15.6 Å². The molecular weight excluding hydrogens is 262 g/mol. The highest BCUT2D eigenvalue weighted by molar-refractivity contribution is 7.11. The van der Waals surface area contributed by atoms with Gasteiger partial charge in [0, 0.05) is 29.4 Å². The van der Waals surface area contributed by atoms with Gasteiger partial charge < -0.3 is 10.6 Å². The molecule has 0 saturated heterocycles. The molecule has 1 heterocycles. The second-order valence-electron chi connectivity index (χ2n) is 4.01. The molecule has 0 aliphatic rings. The zero-order chi connectivity index (χ0) is 13.8. The fourth-order valence-electron chi connectivity index (χ4n) is 1.52. The summed E-state index contributed by atoms with van der Waals surface area (Å²) in [4.78, 5) is 27.0. The van der Waals surface area contributed by atoms with Gasteiger partial charge in [-0.1, -0.05) is 6.07 Å². The first-order chi connectivity index (χ1) is 9.04. The number of rotatable bonds is 3. The number of anilines is 2. The van der Waals surface area contributed by atoms with Crippen LogP contribution in [0.25, 0.3) is 0 Å². The van der Waals surface area contributed by atoms with Gasteiger partial charge in [-0.2, -0.15) is 0 Å². The number of nitrogens with one attached hydrogen (secondary N) is 2. The zero-order valence-electron chi connectivity index (χ0n) is 10.6. The summed E-state index contributed by atoms with van der Waals surface area (Å²) in [5.41, 5.74) is 2.08. The lowest BCUT2D eigenvalue weighted by Crippen LogP contribution is -2.12. The van der Waals surface area contributed by atoms with E-state index in [1.165, 1.54) is 18.3 Å². The molecule has 6 heteroatoms. The van der Waals surface area contributed by atoms with Gasteiger partial charge in [0.2, 0.25) is 5.91 Å². The second-order valence-corrected chi connectivity index (χ2v) is 4.87. The molecule has 19 heavy (non-hydrogen) atoms. The number of hydrogen-bond acceptors (Lipinski definition) is 4. The molecule has 0 radical (unpaired) electrons. The highest BCUT2D eigenvalue weighted by Crippen LogP contribution is 2.17. The third kappa shape index (κ3) is 3.62. The van der Waals surface area contributed by atoms with E-state index in [0.717, 1.165) is 5.69 Å². The van der Waals surface area contributed by atoms with Crippen LogP contribution in [-0.2, 0) is 4.79 Å². The van der Waals surface area contributed by atoms with Gasteiger partial charge in [0.05, 0.1) is 0 Å². The summed E-state index contributed by atoms with van der Waals surface area (Å²) in [6.07, 6.45) is 0. The Morgan fingerprint density at radius 3 is 2.47 bits per heavy atom. The van der Waals surface area contributed by atoms with Gasteiger partial charge in [0.1, 0.15) is 0 Å². The van der Waals surface area contributed by atoms with Crippen molar-refractivity contribution in [3.05, 3.63) is 40.3 Å². The Bertz CT molecular complexity index is 622. The molecule has 2 aromatic rings. The topological polar surface area (TPSA) is 71.1 Å². The van der Waals surface area contributed by atoms with Crippen LogP contribution in [0.3, 0.4) is 0 Å². The molecule has 0 bridgehead atoms. The fourth-order valence-corrected chi connectivity index (χ4v) is 2.21. The Hall–Kier alpha value is -2.21. The average molecular weight is 275 g/mol. The highest BCUT2D eigenvalue weighted by Gasteiger charge is 2.10. The number of aryl methyl sites for hydroxylation is 1. The number of aromatic nitrogens is 1. The predicted octanol–water partition coefficient (Wildman–Crippen LogP) is 2.66. The largest absolute Gasteiger partial charge is 0.326 e. The summed E-state index contributed by atoms with van der Waals surface area (Å²) in [6, 6.07) is 6.96. The Balaban J connectivity index is 2.10. The Kier molecular flexibility index (Phi) is 3.91. The van der Waals surface area contributed by atoms with E-state index in [4.69, 9.17) is 0 Å². The number of carbonyl (C=O) groups excluding carboxylic acids is 2.